The number of fused-ring (bicyclic) bond motifs is 1. The lowest BCUT2D eigenvalue weighted by Crippen LogP contribution is -2.12. The van der Waals surface area contributed by atoms with Gasteiger partial charge in [-0.05, 0) is 17.5 Å². The molecule has 13 heavy (non-hydrogen) atoms. The molecule has 66 valence electrons. The SMILES string of the molecule is CN=C(N)c1cnc2ccsc2c1. The number of hydrogen-bond donors (Lipinski definition) is 1. The van der Waals surface area contributed by atoms with E-state index < -0.39 is 0 Å². The molecule has 2 N–H and O–H groups in total. The number of nitrogens with zero attached hydrogens (tertiary/aromatic N) is 2. The standard InChI is InChI=1S/C9H9N3S/c1-11-9(10)6-4-8-7(12-5-6)2-3-13-8/h2-5H,1H3,(H2,10,11). The number of thiophene rings is 1. The van der Waals surface area contributed by atoms with Gasteiger partial charge in [0.15, 0.2) is 0 Å². The van der Waals surface area contributed by atoms with E-state index >= 15 is 0 Å². The van der Waals surface area contributed by atoms with Gasteiger partial charge in [-0.3, -0.25) is 9.98 Å². The van der Waals surface area contributed by atoms with Crippen LogP contribution in [-0.4, -0.2) is 17.9 Å². The second kappa shape index (κ2) is 3.14. The van der Waals surface area contributed by atoms with Crippen molar-refractivity contribution in [1.82, 2.24) is 4.98 Å². The van der Waals surface area contributed by atoms with Crippen molar-refractivity contribution in [1.29, 1.82) is 0 Å². The van der Waals surface area contributed by atoms with Crippen molar-refractivity contribution in [3.05, 3.63) is 29.3 Å². The van der Waals surface area contributed by atoms with Crippen molar-refractivity contribution in [3.8, 4) is 0 Å². The van der Waals surface area contributed by atoms with Crippen molar-refractivity contribution < 1.29 is 0 Å². The molecule has 0 unspecified atom stereocenters. The summed E-state index contributed by atoms with van der Waals surface area (Å²) in [6.45, 7) is 0. The molecule has 0 spiro atoms. The van der Waals surface area contributed by atoms with Crippen LogP contribution in [0, 0.1) is 0 Å². The lowest BCUT2D eigenvalue weighted by atomic mass is 10.2. The van der Waals surface area contributed by atoms with Gasteiger partial charge in [-0.1, -0.05) is 0 Å². The molecule has 3 nitrogen and oxygen atoms in total. The van der Waals surface area contributed by atoms with E-state index in [1.54, 1.807) is 24.6 Å². The van der Waals surface area contributed by atoms with Gasteiger partial charge in [-0.25, -0.2) is 0 Å². The third-order valence-corrected chi connectivity index (χ3v) is 2.69. The molecule has 0 amide bonds. The number of hydrogen-bond acceptors (Lipinski definition) is 3. The largest absolute Gasteiger partial charge is 0.383 e. The number of rotatable bonds is 1. The summed E-state index contributed by atoms with van der Waals surface area (Å²) in [4.78, 5) is 8.17. The molecule has 0 aliphatic carbocycles. The summed E-state index contributed by atoms with van der Waals surface area (Å²) < 4.78 is 1.14. The lowest BCUT2D eigenvalue weighted by Gasteiger charge is -1.97. The maximum atomic E-state index is 5.67. The van der Waals surface area contributed by atoms with Gasteiger partial charge in [0.1, 0.15) is 5.84 Å². The first kappa shape index (κ1) is 8.19. The van der Waals surface area contributed by atoms with Gasteiger partial charge in [-0.2, -0.15) is 0 Å². The van der Waals surface area contributed by atoms with E-state index in [0.29, 0.717) is 5.84 Å². The summed E-state index contributed by atoms with van der Waals surface area (Å²) in [7, 11) is 1.67. The topological polar surface area (TPSA) is 51.3 Å². The summed E-state index contributed by atoms with van der Waals surface area (Å²) >= 11 is 1.66. The molecule has 0 bridgehead atoms. The first-order chi connectivity index (χ1) is 6.31. The van der Waals surface area contributed by atoms with Crippen LogP contribution >= 0.6 is 11.3 Å². The minimum absolute atomic E-state index is 0.530. The third-order valence-electron chi connectivity index (χ3n) is 1.84. The summed E-state index contributed by atoms with van der Waals surface area (Å²) in [6, 6.07) is 4.00. The van der Waals surface area contributed by atoms with E-state index in [0.717, 1.165) is 15.8 Å². The van der Waals surface area contributed by atoms with Gasteiger partial charge < -0.3 is 5.73 Å². The molecule has 2 aromatic heterocycles. The van der Waals surface area contributed by atoms with Crippen LogP contribution in [0.3, 0.4) is 0 Å². The zero-order chi connectivity index (χ0) is 9.26. The van der Waals surface area contributed by atoms with E-state index in [1.165, 1.54) is 0 Å². The monoisotopic (exact) mass is 191 g/mol. The Hall–Kier alpha value is -1.42. The molecule has 0 aliphatic rings. The number of pyridine rings is 1. The molecule has 4 heteroatoms. The zero-order valence-electron chi connectivity index (χ0n) is 7.19. The fourth-order valence-electron chi connectivity index (χ4n) is 1.12. The van der Waals surface area contributed by atoms with Crippen LogP contribution in [-0.2, 0) is 0 Å². The van der Waals surface area contributed by atoms with E-state index in [4.69, 9.17) is 5.73 Å². The van der Waals surface area contributed by atoms with Crippen LogP contribution < -0.4 is 5.73 Å². The Morgan fingerprint density at radius 2 is 2.46 bits per heavy atom. The van der Waals surface area contributed by atoms with Crippen LogP contribution in [0.5, 0.6) is 0 Å². The predicted molar refractivity (Wildman–Crippen MR) is 56.3 cm³/mol. The molecule has 2 aromatic rings. The molecule has 0 aromatic carbocycles. The minimum Gasteiger partial charge on any atom is -0.383 e. The van der Waals surface area contributed by atoms with Gasteiger partial charge in [0.25, 0.3) is 0 Å². The number of aliphatic imine (C=N–C) groups is 1. The van der Waals surface area contributed by atoms with Gasteiger partial charge in [0, 0.05) is 18.8 Å². The minimum atomic E-state index is 0.530. The average molecular weight is 191 g/mol. The number of amidine groups is 1. The van der Waals surface area contributed by atoms with E-state index in [2.05, 4.69) is 9.98 Å². The molecule has 0 aliphatic heterocycles. The lowest BCUT2D eigenvalue weighted by molar-refractivity contribution is 1.35. The highest BCUT2D eigenvalue weighted by atomic mass is 32.1. The van der Waals surface area contributed by atoms with Gasteiger partial charge >= 0.3 is 0 Å². The van der Waals surface area contributed by atoms with Gasteiger partial charge in [-0.15, -0.1) is 11.3 Å². The average Bonchev–Trinajstić information content (AvgIpc) is 2.63. The Kier molecular flexibility index (Phi) is 1.98. The Morgan fingerprint density at radius 1 is 1.62 bits per heavy atom. The molecular weight excluding hydrogens is 182 g/mol. The Labute approximate surface area is 79.9 Å². The van der Waals surface area contributed by atoms with Crippen LogP contribution in [0.4, 0.5) is 0 Å². The molecule has 2 rings (SSSR count). The van der Waals surface area contributed by atoms with Gasteiger partial charge in [0.05, 0.1) is 10.2 Å². The van der Waals surface area contributed by atoms with Crippen molar-refractivity contribution in [2.24, 2.45) is 10.7 Å². The highest BCUT2D eigenvalue weighted by Gasteiger charge is 2.01. The molecule has 0 atom stereocenters. The van der Waals surface area contributed by atoms with Crippen molar-refractivity contribution in [3.63, 3.8) is 0 Å². The first-order valence-corrected chi connectivity index (χ1v) is 4.75. The summed E-state index contributed by atoms with van der Waals surface area (Å²) in [6.07, 6.45) is 1.75. The van der Waals surface area contributed by atoms with Crippen LogP contribution in [0.2, 0.25) is 0 Å². The summed E-state index contributed by atoms with van der Waals surface area (Å²) in [5.41, 5.74) is 7.57. The van der Waals surface area contributed by atoms with Crippen molar-refractivity contribution in [2.75, 3.05) is 7.05 Å². The van der Waals surface area contributed by atoms with E-state index in [1.807, 2.05) is 17.5 Å². The van der Waals surface area contributed by atoms with Crippen LogP contribution in [0.1, 0.15) is 5.56 Å². The molecule has 0 radical (unpaired) electrons. The fourth-order valence-corrected chi connectivity index (χ4v) is 1.90. The smallest absolute Gasteiger partial charge is 0.126 e. The van der Waals surface area contributed by atoms with E-state index in [9.17, 15) is 0 Å². The quantitative estimate of drug-likeness (QED) is 0.550. The van der Waals surface area contributed by atoms with Crippen molar-refractivity contribution >= 4 is 27.4 Å². The Bertz CT molecular complexity index is 459. The predicted octanol–water partition coefficient (Wildman–Crippen LogP) is 1.63. The molecule has 2 heterocycles. The molecular formula is C9H9N3S. The first-order valence-electron chi connectivity index (χ1n) is 3.87. The molecule has 0 saturated carbocycles. The van der Waals surface area contributed by atoms with E-state index in [-0.39, 0.29) is 0 Å². The molecule has 0 saturated heterocycles. The van der Waals surface area contributed by atoms with Crippen LogP contribution in [0.15, 0.2) is 28.7 Å². The van der Waals surface area contributed by atoms with Crippen LogP contribution in [0.25, 0.3) is 10.2 Å². The zero-order valence-corrected chi connectivity index (χ0v) is 8.01. The highest BCUT2D eigenvalue weighted by molar-refractivity contribution is 7.17. The fraction of sp³-hybridized carbons (Fsp3) is 0.111. The Morgan fingerprint density at radius 3 is 3.23 bits per heavy atom. The Balaban J connectivity index is 2.60. The highest BCUT2D eigenvalue weighted by Crippen LogP contribution is 2.19. The second-order valence-electron chi connectivity index (χ2n) is 2.64. The van der Waals surface area contributed by atoms with Gasteiger partial charge in [0.2, 0.25) is 0 Å². The maximum Gasteiger partial charge on any atom is 0.126 e. The maximum absolute atomic E-state index is 5.67. The number of nitrogens with two attached hydrogens (primary N) is 1. The second-order valence-corrected chi connectivity index (χ2v) is 3.58. The summed E-state index contributed by atoms with van der Waals surface area (Å²) in [5.74, 6) is 0.530. The normalized spacial score (nSPS) is 12.2. The molecule has 0 fully saturated rings. The summed E-state index contributed by atoms with van der Waals surface area (Å²) in [5, 5.41) is 2.01. The van der Waals surface area contributed by atoms with Crippen molar-refractivity contribution in [2.45, 2.75) is 0 Å². The number of aromatic nitrogens is 1. The third kappa shape index (κ3) is 1.40.